The van der Waals surface area contributed by atoms with E-state index in [-0.39, 0.29) is 5.60 Å². The SMILES string of the molecule is C/C=N/OC(CC)(CC)CCC. The molecule has 0 aromatic carbocycles. The summed E-state index contributed by atoms with van der Waals surface area (Å²) in [7, 11) is 0. The molecule has 0 atom stereocenters. The van der Waals surface area contributed by atoms with Crippen molar-refractivity contribution in [2.24, 2.45) is 5.16 Å². The summed E-state index contributed by atoms with van der Waals surface area (Å²) in [5, 5.41) is 3.88. The Morgan fingerprint density at radius 2 is 1.83 bits per heavy atom. The van der Waals surface area contributed by atoms with Crippen molar-refractivity contribution in [2.45, 2.75) is 59.0 Å². The lowest BCUT2D eigenvalue weighted by atomic mass is 9.92. The molecular formula is C10H21NO. The molecule has 0 aromatic rings. The molecule has 0 aliphatic heterocycles. The minimum Gasteiger partial charge on any atom is -0.390 e. The zero-order chi connectivity index (χ0) is 9.45. The molecule has 0 bridgehead atoms. The monoisotopic (exact) mass is 171 g/mol. The van der Waals surface area contributed by atoms with Crippen molar-refractivity contribution < 1.29 is 4.84 Å². The molecule has 2 heteroatoms. The Kier molecular flexibility index (Phi) is 5.77. The largest absolute Gasteiger partial charge is 0.390 e. The topological polar surface area (TPSA) is 21.6 Å². The summed E-state index contributed by atoms with van der Waals surface area (Å²) in [6.07, 6.45) is 6.03. The van der Waals surface area contributed by atoms with Crippen molar-refractivity contribution in [1.82, 2.24) is 0 Å². The zero-order valence-electron chi connectivity index (χ0n) is 8.76. The van der Waals surface area contributed by atoms with Crippen LogP contribution in [0.1, 0.15) is 53.4 Å². The highest BCUT2D eigenvalue weighted by Crippen LogP contribution is 2.26. The molecule has 0 heterocycles. The van der Waals surface area contributed by atoms with Gasteiger partial charge in [-0.15, -0.1) is 0 Å². The zero-order valence-corrected chi connectivity index (χ0v) is 8.76. The molecule has 12 heavy (non-hydrogen) atoms. The van der Waals surface area contributed by atoms with Crippen molar-refractivity contribution in [3.63, 3.8) is 0 Å². The second-order valence-corrected chi connectivity index (χ2v) is 3.10. The molecule has 0 unspecified atom stereocenters. The summed E-state index contributed by atoms with van der Waals surface area (Å²) in [5.41, 5.74) is -0.0126. The number of oxime groups is 1. The summed E-state index contributed by atoms with van der Waals surface area (Å²) >= 11 is 0. The fraction of sp³-hybridized carbons (Fsp3) is 0.900. The van der Waals surface area contributed by atoms with Crippen LogP contribution in [0.2, 0.25) is 0 Å². The Morgan fingerprint density at radius 3 is 2.17 bits per heavy atom. The van der Waals surface area contributed by atoms with Gasteiger partial charge in [-0.05, 0) is 26.2 Å². The first-order valence-corrected chi connectivity index (χ1v) is 4.90. The standard InChI is InChI=1S/C10H21NO/c1-5-9-10(6-2,7-3)12-11-8-4/h8H,5-7,9H2,1-4H3/b11-8+. The van der Waals surface area contributed by atoms with Crippen LogP contribution in [0.5, 0.6) is 0 Å². The number of hydrogen-bond acceptors (Lipinski definition) is 2. The maximum atomic E-state index is 5.49. The Labute approximate surface area is 76.0 Å². The number of hydrogen-bond donors (Lipinski definition) is 0. The molecule has 0 rings (SSSR count). The van der Waals surface area contributed by atoms with E-state index >= 15 is 0 Å². The Hall–Kier alpha value is -0.530. The van der Waals surface area contributed by atoms with Crippen LogP contribution in [0, 0.1) is 0 Å². The van der Waals surface area contributed by atoms with Gasteiger partial charge in [0.1, 0.15) is 5.60 Å². The molecule has 0 amide bonds. The Morgan fingerprint density at radius 1 is 1.25 bits per heavy atom. The quantitative estimate of drug-likeness (QED) is 0.443. The molecule has 0 saturated heterocycles. The second-order valence-electron chi connectivity index (χ2n) is 3.10. The van der Waals surface area contributed by atoms with Gasteiger partial charge in [0.05, 0.1) is 0 Å². The normalized spacial score (nSPS) is 12.3. The maximum Gasteiger partial charge on any atom is 0.137 e. The van der Waals surface area contributed by atoms with Crippen LogP contribution < -0.4 is 0 Å². The lowest BCUT2D eigenvalue weighted by Gasteiger charge is -2.28. The average Bonchev–Trinajstić information content (AvgIpc) is 2.13. The number of rotatable bonds is 6. The fourth-order valence-electron chi connectivity index (χ4n) is 1.40. The van der Waals surface area contributed by atoms with E-state index in [1.807, 2.05) is 6.92 Å². The van der Waals surface area contributed by atoms with E-state index in [0.29, 0.717) is 0 Å². The van der Waals surface area contributed by atoms with Gasteiger partial charge in [-0.1, -0.05) is 32.3 Å². The van der Waals surface area contributed by atoms with Gasteiger partial charge in [0.15, 0.2) is 0 Å². The van der Waals surface area contributed by atoms with Gasteiger partial charge >= 0.3 is 0 Å². The van der Waals surface area contributed by atoms with Gasteiger partial charge in [0.2, 0.25) is 0 Å². The third-order valence-electron chi connectivity index (χ3n) is 2.35. The molecule has 0 fully saturated rings. The molecule has 0 N–H and O–H groups in total. The highest BCUT2D eigenvalue weighted by Gasteiger charge is 2.26. The van der Waals surface area contributed by atoms with E-state index in [1.54, 1.807) is 6.21 Å². The van der Waals surface area contributed by atoms with Gasteiger partial charge < -0.3 is 4.84 Å². The first-order chi connectivity index (χ1) is 5.74. The van der Waals surface area contributed by atoms with Crippen LogP contribution in [-0.4, -0.2) is 11.8 Å². The minimum absolute atomic E-state index is 0.0126. The molecule has 0 radical (unpaired) electrons. The Balaban J connectivity index is 4.13. The number of nitrogens with zero attached hydrogens (tertiary/aromatic N) is 1. The van der Waals surface area contributed by atoms with Crippen LogP contribution in [0.4, 0.5) is 0 Å². The van der Waals surface area contributed by atoms with Crippen LogP contribution >= 0.6 is 0 Å². The van der Waals surface area contributed by atoms with Crippen molar-refractivity contribution >= 4 is 6.21 Å². The lowest BCUT2D eigenvalue weighted by molar-refractivity contribution is -0.0550. The van der Waals surface area contributed by atoms with E-state index in [2.05, 4.69) is 25.9 Å². The van der Waals surface area contributed by atoms with Gasteiger partial charge in [-0.25, -0.2) is 0 Å². The van der Waals surface area contributed by atoms with Gasteiger partial charge in [-0.2, -0.15) is 0 Å². The van der Waals surface area contributed by atoms with Gasteiger partial charge in [-0.3, -0.25) is 0 Å². The smallest absolute Gasteiger partial charge is 0.137 e. The molecule has 0 spiro atoms. The highest BCUT2D eigenvalue weighted by atomic mass is 16.6. The highest BCUT2D eigenvalue weighted by molar-refractivity contribution is 5.52. The van der Waals surface area contributed by atoms with Gasteiger partial charge in [0.25, 0.3) is 0 Å². The average molecular weight is 171 g/mol. The summed E-state index contributed by atoms with van der Waals surface area (Å²) in [4.78, 5) is 5.49. The van der Waals surface area contributed by atoms with Crippen molar-refractivity contribution in [1.29, 1.82) is 0 Å². The van der Waals surface area contributed by atoms with Crippen LogP contribution in [-0.2, 0) is 4.84 Å². The minimum atomic E-state index is -0.0126. The summed E-state index contributed by atoms with van der Waals surface area (Å²) in [6, 6.07) is 0. The third-order valence-corrected chi connectivity index (χ3v) is 2.35. The van der Waals surface area contributed by atoms with Crippen molar-refractivity contribution in [3.8, 4) is 0 Å². The molecule has 0 aromatic heterocycles. The molecule has 0 saturated carbocycles. The van der Waals surface area contributed by atoms with Gasteiger partial charge in [0, 0.05) is 6.21 Å². The molecule has 0 aliphatic carbocycles. The summed E-state index contributed by atoms with van der Waals surface area (Å²) < 4.78 is 0. The van der Waals surface area contributed by atoms with Crippen LogP contribution in [0.25, 0.3) is 0 Å². The van der Waals surface area contributed by atoms with E-state index in [9.17, 15) is 0 Å². The first kappa shape index (κ1) is 11.5. The Bertz CT molecular complexity index is 128. The molecule has 2 nitrogen and oxygen atoms in total. The second kappa shape index (κ2) is 6.04. The predicted molar refractivity (Wildman–Crippen MR) is 53.5 cm³/mol. The van der Waals surface area contributed by atoms with Crippen molar-refractivity contribution in [2.75, 3.05) is 0 Å². The van der Waals surface area contributed by atoms with E-state index in [0.717, 1.165) is 25.7 Å². The molecular weight excluding hydrogens is 150 g/mol. The van der Waals surface area contributed by atoms with E-state index in [1.165, 1.54) is 0 Å². The maximum absolute atomic E-state index is 5.49. The lowest BCUT2D eigenvalue weighted by Crippen LogP contribution is -2.28. The summed E-state index contributed by atoms with van der Waals surface area (Å²) in [6.45, 7) is 8.37. The third kappa shape index (κ3) is 3.24. The summed E-state index contributed by atoms with van der Waals surface area (Å²) in [5.74, 6) is 0. The predicted octanol–water partition coefficient (Wildman–Crippen LogP) is 3.37. The van der Waals surface area contributed by atoms with Crippen molar-refractivity contribution in [3.05, 3.63) is 0 Å². The fourth-order valence-corrected chi connectivity index (χ4v) is 1.40. The van der Waals surface area contributed by atoms with E-state index < -0.39 is 0 Å². The van der Waals surface area contributed by atoms with Crippen LogP contribution in [0.3, 0.4) is 0 Å². The van der Waals surface area contributed by atoms with E-state index in [4.69, 9.17) is 4.84 Å². The van der Waals surface area contributed by atoms with Crippen LogP contribution in [0.15, 0.2) is 5.16 Å². The first-order valence-electron chi connectivity index (χ1n) is 4.90. The molecule has 0 aliphatic rings. The molecule has 72 valence electrons.